The van der Waals surface area contributed by atoms with Crippen LogP contribution < -0.4 is 10.1 Å². The van der Waals surface area contributed by atoms with E-state index in [1.54, 1.807) is 12.4 Å². The van der Waals surface area contributed by atoms with Crippen molar-refractivity contribution in [3.8, 4) is 17.0 Å². The van der Waals surface area contributed by atoms with Crippen LogP contribution in [0.2, 0.25) is 0 Å². The van der Waals surface area contributed by atoms with Crippen LogP contribution in [-0.4, -0.2) is 35.2 Å². The normalized spacial score (nSPS) is 15.6. The molecule has 1 amide bonds. The van der Waals surface area contributed by atoms with Gasteiger partial charge in [0.15, 0.2) is 0 Å². The maximum Gasteiger partial charge on any atom is 0.256 e. The second-order valence-electron chi connectivity index (χ2n) is 7.74. The lowest BCUT2D eigenvalue weighted by Gasteiger charge is -2.13. The van der Waals surface area contributed by atoms with Crippen molar-refractivity contribution in [2.45, 2.75) is 18.9 Å². The number of hydrogen-bond acceptors (Lipinski definition) is 5. The zero-order valence-corrected chi connectivity index (χ0v) is 17.5. The molecule has 2 aromatic heterocycles. The van der Waals surface area contributed by atoms with E-state index in [1.807, 2.05) is 66.7 Å². The average molecular weight is 425 g/mol. The molecule has 0 bridgehead atoms. The van der Waals surface area contributed by atoms with Crippen LogP contribution in [0.5, 0.6) is 5.75 Å². The standard InChI is InChI=1S/C26H23N3O3/c30-26(28-19-7-3-8-20(14-19)32-17-21-9-5-13-31-21)23-15-25(18-6-4-12-27-16-18)29-24-11-2-1-10-22(23)24/h1-4,6-8,10-12,14-16,21H,5,9,13,17H2,(H,28,30). The Labute approximate surface area is 186 Å². The number of fused-ring (bicyclic) bond motifs is 1. The van der Waals surface area contributed by atoms with Crippen LogP contribution in [0.25, 0.3) is 22.2 Å². The first kappa shape index (κ1) is 20.2. The van der Waals surface area contributed by atoms with Gasteiger partial charge in [-0.3, -0.25) is 9.78 Å². The molecular formula is C26H23N3O3. The highest BCUT2D eigenvalue weighted by Crippen LogP contribution is 2.26. The first-order chi connectivity index (χ1) is 15.8. The SMILES string of the molecule is O=C(Nc1cccc(OCC2CCCO2)c1)c1cc(-c2cccnc2)nc2ccccc12. The highest BCUT2D eigenvalue weighted by molar-refractivity contribution is 6.13. The number of nitrogens with zero attached hydrogens (tertiary/aromatic N) is 2. The van der Waals surface area contributed by atoms with Crippen molar-refractivity contribution in [3.63, 3.8) is 0 Å². The highest BCUT2D eigenvalue weighted by Gasteiger charge is 2.17. The maximum absolute atomic E-state index is 13.3. The van der Waals surface area contributed by atoms with Crippen molar-refractivity contribution in [2.75, 3.05) is 18.5 Å². The molecule has 6 nitrogen and oxygen atoms in total. The van der Waals surface area contributed by atoms with Crippen LogP contribution in [0.4, 0.5) is 5.69 Å². The van der Waals surface area contributed by atoms with Gasteiger partial charge in [-0.2, -0.15) is 0 Å². The summed E-state index contributed by atoms with van der Waals surface area (Å²) in [4.78, 5) is 22.2. The molecular weight excluding hydrogens is 402 g/mol. The van der Waals surface area contributed by atoms with Crippen molar-refractivity contribution in [2.24, 2.45) is 0 Å². The fraction of sp³-hybridized carbons (Fsp3) is 0.192. The van der Waals surface area contributed by atoms with Gasteiger partial charge in [0.1, 0.15) is 12.4 Å². The molecule has 1 saturated heterocycles. The van der Waals surface area contributed by atoms with E-state index in [2.05, 4.69) is 10.3 Å². The molecule has 6 heteroatoms. The summed E-state index contributed by atoms with van der Waals surface area (Å²) in [5.74, 6) is 0.499. The van der Waals surface area contributed by atoms with Crippen molar-refractivity contribution in [1.82, 2.24) is 9.97 Å². The Morgan fingerprint density at radius 2 is 2.03 bits per heavy atom. The van der Waals surface area contributed by atoms with E-state index in [0.29, 0.717) is 29.3 Å². The van der Waals surface area contributed by atoms with Gasteiger partial charge in [-0.25, -0.2) is 4.98 Å². The van der Waals surface area contributed by atoms with E-state index in [-0.39, 0.29) is 12.0 Å². The monoisotopic (exact) mass is 425 g/mol. The maximum atomic E-state index is 13.3. The second kappa shape index (κ2) is 9.16. The number of carbonyl (C=O) groups excluding carboxylic acids is 1. The average Bonchev–Trinajstić information content (AvgIpc) is 3.37. The van der Waals surface area contributed by atoms with E-state index in [1.165, 1.54) is 0 Å². The van der Waals surface area contributed by atoms with Gasteiger partial charge in [0, 0.05) is 41.7 Å². The van der Waals surface area contributed by atoms with Gasteiger partial charge in [0.25, 0.3) is 5.91 Å². The first-order valence-corrected chi connectivity index (χ1v) is 10.7. The molecule has 0 aliphatic carbocycles. The Bertz CT molecular complexity index is 1240. The van der Waals surface area contributed by atoms with Crippen molar-refractivity contribution in [3.05, 3.63) is 84.7 Å². The van der Waals surface area contributed by atoms with Crippen molar-refractivity contribution >= 4 is 22.5 Å². The molecule has 4 aromatic rings. The van der Waals surface area contributed by atoms with Crippen LogP contribution >= 0.6 is 0 Å². The third kappa shape index (κ3) is 4.45. The third-order valence-corrected chi connectivity index (χ3v) is 5.47. The number of rotatable bonds is 6. The fourth-order valence-corrected chi connectivity index (χ4v) is 3.85. The Morgan fingerprint density at radius 3 is 2.88 bits per heavy atom. The highest BCUT2D eigenvalue weighted by atomic mass is 16.5. The number of aromatic nitrogens is 2. The lowest BCUT2D eigenvalue weighted by Crippen LogP contribution is -2.16. The van der Waals surface area contributed by atoms with Gasteiger partial charge >= 0.3 is 0 Å². The largest absolute Gasteiger partial charge is 0.491 e. The molecule has 1 N–H and O–H groups in total. The van der Waals surface area contributed by atoms with Gasteiger partial charge in [-0.1, -0.05) is 24.3 Å². The third-order valence-electron chi connectivity index (χ3n) is 5.47. The Hall–Kier alpha value is -3.77. The molecule has 160 valence electrons. The molecule has 1 aliphatic rings. The Balaban J connectivity index is 1.40. The smallest absolute Gasteiger partial charge is 0.256 e. The van der Waals surface area contributed by atoms with Crippen LogP contribution in [0.15, 0.2) is 79.1 Å². The quantitative estimate of drug-likeness (QED) is 0.465. The topological polar surface area (TPSA) is 73.3 Å². The van der Waals surface area contributed by atoms with Gasteiger partial charge < -0.3 is 14.8 Å². The van der Waals surface area contributed by atoms with E-state index in [4.69, 9.17) is 14.5 Å². The zero-order chi connectivity index (χ0) is 21.8. The minimum atomic E-state index is -0.204. The molecule has 2 aromatic carbocycles. The first-order valence-electron chi connectivity index (χ1n) is 10.7. The molecule has 0 saturated carbocycles. The molecule has 32 heavy (non-hydrogen) atoms. The summed E-state index contributed by atoms with van der Waals surface area (Å²) in [6, 6.07) is 20.7. The summed E-state index contributed by atoms with van der Waals surface area (Å²) in [7, 11) is 0. The molecule has 0 radical (unpaired) electrons. The fourth-order valence-electron chi connectivity index (χ4n) is 3.85. The summed E-state index contributed by atoms with van der Waals surface area (Å²) in [5, 5.41) is 3.80. The summed E-state index contributed by atoms with van der Waals surface area (Å²) in [6.07, 6.45) is 5.69. The number of amides is 1. The summed E-state index contributed by atoms with van der Waals surface area (Å²) >= 11 is 0. The molecule has 0 spiro atoms. The summed E-state index contributed by atoms with van der Waals surface area (Å²) in [6.45, 7) is 1.31. The number of anilines is 1. The van der Waals surface area contributed by atoms with E-state index < -0.39 is 0 Å². The summed E-state index contributed by atoms with van der Waals surface area (Å²) in [5.41, 5.74) is 3.55. The predicted molar refractivity (Wildman–Crippen MR) is 124 cm³/mol. The van der Waals surface area contributed by atoms with E-state index >= 15 is 0 Å². The Kier molecular flexibility index (Phi) is 5.77. The van der Waals surface area contributed by atoms with Crippen molar-refractivity contribution < 1.29 is 14.3 Å². The molecule has 1 unspecified atom stereocenters. The number of benzene rings is 2. The van der Waals surface area contributed by atoms with Crippen LogP contribution in [-0.2, 0) is 4.74 Å². The van der Waals surface area contributed by atoms with Crippen molar-refractivity contribution in [1.29, 1.82) is 0 Å². The molecule has 1 aliphatic heterocycles. The predicted octanol–water partition coefficient (Wildman–Crippen LogP) is 5.11. The van der Waals surface area contributed by atoms with Gasteiger partial charge in [-0.05, 0) is 49.2 Å². The molecule has 1 atom stereocenters. The minimum absolute atomic E-state index is 0.141. The minimum Gasteiger partial charge on any atom is -0.491 e. The van der Waals surface area contributed by atoms with E-state index in [0.717, 1.165) is 35.9 Å². The number of pyridine rings is 2. The number of hydrogen-bond donors (Lipinski definition) is 1. The van der Waals surface area contributed by atoms with Crippen LogP contribution in [0, 0.1) is 0 Å². The number of carbonyl (C=O) groups is 1. The van der Waals surface area contributed by atoms with Gasteiger partial charge in [0.2, 0.25) is 0 Å². The zero-order valence-electron chi connectivity index (χ0n) is 17.5. The lowest BCUT2D eigenvalue weighted by atomic mass is 10.0. The number of ether oxygens (including phenoxy) is 2. The molecule has 1 fully saturated rings. The molecule has 5 rings (SSSR count). The van der Waals surface area contributed by atoms with Crippen LogP contribution in [0.1, 0.15) is 23.2 Å². The van der Waals surface area contributed by atoms with Gasteiger partial charge in [0.05, 0.1) is 22.9 Å². The number of nitrogens with one attached hydrogen (secondary N) is 1. The summed E-state index contributed by atoms with van der Waals surface area (Å²) < 4.78 is 11.5. The molecule has 3 heterocycles. The van der Waals surface area contributed by atoms with Crippen LogP contribution in [0.3, 0.4) is 0 Å². The number of para-hydroxylation sites is 1. The van der Waals surface area contributed by atoms with E-state index in [9.17, 15) is 4.79 Å². The lowest BCUT2D eigenvalue weighted by molar-refractivity contribution is 0.0680. The Morgan fingerprint density at radius 1 is 1.09 bits per heavy atom. The van der Waals surface area contributed by atoms with Gasteiger partial charge in [-0.15, -0.1) is 0 Å². The second-order valence-corrected chi connectivity index (χ2v) is 7.74.